The summed E-state index contributed by atoms with van der Waals surface area (Å²) in [7, 11) is 1.36. The summed E-state index contributed by atoms with van der Waals surface area (Å²) in [5, 5.41) is 2.86. The molecule has 4 heteroatoms. The molecule has 1 amide bonds. The van der Waals surface area contributed by atoms with Crippen molar-refractivity contribution in [2.75, 3.05) is 7.11 Å². The monoisotopic (exact) mass is 255 g/mol. The number of ether oxygens (including phenoxy) is 1. The van der Waals surface area contributed by atoms with Crippen molar-refractivity contribution < 1.29 is 14.3 Å². The van der Waals surface area contributed by atoms with E-state index in [0.717, 1.165) is 25.7 Å². The minimum atomic E-state index is -0.496. The SMILES string of the molecule is COC(=O)[C@H](CC(C)C)NC(=O)C1CCCCC1. The summed E-state index contributed by atoms with van der Waals surface area (Å²) in [5.41, 5.74) is 0. The Morgan fingerprint density at radius 3 is 2.33 bits per heavy atom. The molecule has 1 N–H and O–H groups in total. The van der Waals surface area contributed by atoms with Crippen LogP contribution in [-0.2, 0) is 14.3 Å². The lowest BCUT2D eigenvalue weighted by Crippen LogP contribution is -2.45. The van der Waals surface area contributed by atoms with Crippen molar-refractivity contribution in [3.8, 4) is 0 Å². The van der Waals surface area contributed by atoms with E-state index < -0.39 is 6.04 Å². The number of carbonyl (C=O) groups is 2. The molecule has 0 saturated heterocycles. The molecule has 0 heterocycles. The molecule has 0 bridgehead atoms. The van der Waals surface area contributed by atoms with E-state index in [0.29, 0.717) is 12.3 Å². The molecule has 0 aliphatic heterocycles. The van der Waals surface area contributed by atoms with Gasteiger partial charge >= 0.3 is 5.97 Å². The Hall–Kier alpha value is -1.06. The van der Waals surface area contributed by atoms with Gasteiger partial charge in [0.05, 0.1) is 7.11 Å². The van der Waals surface area contributed by atoms with E-state index in [1.807, 2.05) is 13.8 Å². The van der Waals surface area contributed by atoms with E-state index in [4.69, 9.17) is 4.74 Å². The van der Waals surface area contributed by atoms with Crippen LogP contribution in [0.1, 0.15) is 52.4 Å². The topological polar surface area (TPSA) is 55.4 Å². The molecule has 0 aromatic rings. The van der Waals surface area contributed by atoms with Crippen LogP contribution in [-0.4, -0.2) is 25.0 Å². The van der Waals surface area contributed by atoms with Crippen LogP contribution >= 0.6 is 0 Å². The number of hydrogen-bond acceptors (Lipinski definition) is 3. The molecule has 4 nitrogen and oxygen atoms in total. The average molecular weight is 255 g/mol. The fourth-order valence-corrected chi connectivity index (χ4v) is 2.48. The molecule has 0 spiro atoms. The van der Waals surface area contributed by atoms with Gasteiger partial charge in [0.1, 0.15) is 6.04 Å². The summed E-state index contributed by atoms with van der Waals surface area (Å²) >= 11 is 0. The third-order valence-electron chi connectivity index (χ3n) is 3.49. The third-order valence-corrected chi connectivity index (χ3v) is 3.49. The second-order valence-corrected chi connectivity index (χ2v) is 5.55. The Morgan fingerprint density at radius 1 is 1.22 bits per heavy atom. The quantitative estimate of drug-likeness (QED) is 0.767. The first-order valence-corrected chi connectivity index (χ1v) is 6.92. The minimum absolute atomic E-state index is 0.0192. The maximum Gasteiger partial charge on any atom is 0.328 e. The van der Waals surface area contributed by atoms with E-state index in [-0.39, 0.29) is 17.8 Å². The van der Waals surface area contributed by atoms with Crippen molar-refractivity contribution in [2.24, 2.45) is 11.8 Å². The van der Waals surface area contributed by atoms with Gasteiger partial charge in [0.25, 0.3) is 0 Å². The Kier molecular flexibility index (Phi) is 6.16. The first-order valence-electron chi connectivity index (χ1n) is 6.92. The zero-order valence-electron chi connectivity index (χ0n) is 11.7. The number of esters is 1. The van der Waals surface area contributed by atoms with Gasteiger partial charge in [-0.2, -0.15) is 0 Å². The fourth-order valence-electron chi connectivity index (χ4n) is 2.48. The van der Waals surface area contributed by atoms with Gasteiger partial charge in [-0.05, 0) is 25.2 Å². The van der Waals surface area contributed by atoms with Gasteiger partial charge in [-0.3, -0.25) is 4.79 Å². The molecule has 104 valence electrons. The van der Waals surface area contributed by atoms with Gasteiger partial charge in [-0.1, -0.05) is 33.1 Å². The molecule has 1 aliphatic rings. The lowest BCUT2D eigenvalue weighted by Gasteiger charge is -2.24. The molecule has 18 heavy (non-hydrogen) atoms. The number of methoxy groups -OCH3 is 1. The Bertz CT molecular complexity index is 283. The van der Waals surface area contributed by atoms with Crippen molar-refractivity contribution in [1.29, 1.82) is 0 Å². The van der Waals surface area contributed by atoms with Crippen molar-refractivity contribution >= 4 is 11.9 Å². The molecule has 0 unspecified atom stereocenters. The van der Waals surface area contributed by atoms with Crippen LogP contribution in [0, 0.1) is 11.8 Å². The first-order chi connectivity index (χ1) is 8.54. The highest BCUT2D eigenvalue weighted by atomic mass is 16.5. The normalized spacial score (nSPS) is 18.4. The highest BCUT2D eigenvalue weighted by molar-refractivity contribution is 5.85. The zero-order valence-corrected chi connectivity index (χ0v) is 11.7. The molecule has 1 atom stereocenters. The summed E-state index contributed by atoms with van der Waals surface area (Å²) < 4.78 is 4.75. The maximum atomic E-state index is 12.1. The average Bonchev–Trinajstić information content (AvgIpc) is 2.37. The number of carbonyl (C=O) groups excluding carboxylic acids is 2. The van der Waals surface area contributed by atoms with Crippen LogP contribution in [0.25, 0.3) is 0 Å². The smallest absolute Gasteiger partial charge is 0.328 e. The number of hydrogen-bond donors (Lipinski definition) is 1. The van der Waals surface area contributed by atoms with Crippen molar-refractivity contribution in [3.63, 3.8) is 0 Å². The molecule has 0 radical (unpaired) electrons. The van der Waals surface area contributed by atoms with Gasteiger partial charge in [-0.25, -0.2) is 4.79 Å². The fraction of sp³-hybridized carbons (Fsp3) is 0.857. The highest BCUT2D eigenvalue weighted by Crippen LogP contribution is 2.24. The second-order valence-electron chi connectivity index (χ2n) is 5.55. The largest absolute Gasteiger partial charge is 0.467 e. The summed E-state index contributed by atoms with van der Waals surface area (Å²) in [6, 6.07) is -0.496. The summed E-state index contributed by atoms with van der Waals surface area (Å²) in [6.45, 7) is 4.06. The second kappa shape index (κ2) is 7.39. The van der Waals surface area contributed by atoms with Crippen LogP contribution in [0.3, 0.4) is 0 Å². The Morgan fingerprint density at radius 2 is 1.83 bits per heavy atom. The van der Waals surface area contributed by atoms with Gasteiger partial charge in [0, 0.05) is 5.92 Å². The number of amides is 1. The Labute approximate surface area is 109 Å². The highest BCUT2D eigenvalue weighted by Gasteiger charge is 2.27. The molecular formula is C14H25NO3. The predicted molar refractivity (Wildman–Crippen MR) is 70.0 cm³/mol. The lowest BCUT2D eigenvalue weighted by molar-refractivity contribution is -0.146. The van der Waals surface area contributed by atoms with E-state index in [1.165, 1.54) is 13.5 Å². The summed E-state index contributed by atoms with van der Waals surface area (Å²) in [5.74, 6) is 0.109. The molecule has 1 saturated carbocycles. The molecule has 0 aromatic heterocycles. The zero-order chi connectivity index (χ0) is 13.5. The summed E-state index contributed by atoms with van der Waals surface area (Å²) in [4.78, 5) is 23.7. The first kappa shape index (κ1) is 15.0. The predicted octanol–water partition coefficient (Wildman–Crippen LogP) is 2.27. The Balaban J connectivity index is 2.52. The van der Waals surface area contributed by atoms with Gasteiger partial charge < -0.3 is 10.1 Å². The molecule has 1 fully saturated rings. The molecule has 1 rings (SSSR count). The molecule has 1 aliphatic carbocycles. The van der Waals surface area contributed by atoms with Crippen LogP contribution in [0.15, 0.2) is 0 Å². The van der Waals surface area contributed by atoms with Gasteiger partial charge in [0.15, 0.2) is 0 Å². The standard InChI is InChI=1S/C14H25NO3/c1-10(2)9-12(14(17)18-3)15-13(16)11-7-5-4-6-8-11/h10-12H,4-9H2,1-3H3,(H,15,16)/t12-/m0/s1. The van der Waals surface area contributed by atoms with E-state index in [9.17, 15) is 9.59 Å². The van der Waals surface area contributed by atoms with Crippen LogP contribution in [0.2, 0.25) is 0 Å². The van der Waals surface area contributed by atoms with E-state index in [1.54, 1.807) is 0 Å². The van der Waals surface area contributed by atoms with Crippen molar-refractivity contribution in [3.05, 3.63) is 0 Å². The van der Waals surface area contributed by atoms with Crippen LogP contribution in [0.5, 0.6) is 0 Å². The minimum Gasteiger partial charge on any atom is -0.467 e. The maximum absolute atomic E-state index is 12.1. The number of nitrogens with one attached hydrogen (secondary N) is 1. The van der Waals surface area contributed by atoms with Crippen LogP contribution < -0.4 is 5.32 Å². The molecule has 0 aromatic carbocycles. The lowest BCUT2D eigenvalue weighted by atomic mass is 9.88. The van der Waals surface area contributed by atoms with E-state index >= 15 is 0 Å². The molecular weight excluding hydrogens is 230 g/mol. The van der Waals surface area contributed by atoms with Gasteiger partial charge in [-0.15, -0.1) is 0 Å². The number of rotatable bonds is 5. The van der Waals surface area contributed by atoms with Crippen LogP contribution in [0.4, 0.5) is 0 Å². The van der Waals surface area contributed by atoms with Gasteiger partial charge in [0.2, 0.25) is 5.91 Å². The third kappa shape index (κ3) is 4.67. The van der Waals surface area contributed by atoms with Crippen molar-refractivity contribution in [1.82, 2.24) is 5.32 Å². The van der Waals surface area contributed by atoms with E-state index in [2.05, 4.69) is 5.32 Å². The summed E-state index contributed by atoms with van der Waals surface area (Å²) in [6.07, 6.45) is 5.97. The van der Waals surface area contributed by atoms with Crippen molar-refractivity contribution in [2.45, 2.75) is 58.4 Å².